The Labute approximate surface area is 220 Å². The number of hydrogen-bond acceptors (Lipinski definition) is 8. The standard InChI is InChI=1S/C29H32N2O7/c1-36-17-6-7-19(21(12-17)37-2)30-27(34)18-13-29(35)22-11-16-5-8-20(32)25-23(16)28(29,26(38-25)24(18)33)9-10-31(22)14-15-3-4-15/h5-8,12,15,22,26,32-33,35H,3-4,9-11,13-14H2,1-2H3,(H,30,34)/t22-,26+,28+,29-/m1/s1. The predicted octanol–water partition coefficient (Wildman–Crippen LogP) is 3.03. The largest absolute Gasteiger partial charge is 0.508 e. The summed E-state index contributed by atoms with van der Waals surface area (Å²) in [5.41, 5.74) is 0.0140. The first-order chi connectivity index (χ1) is 18.3. The summed E-state index contributed by atoms with van der Waals surface area (Å²) in [4.78, 5) is 16.1. The number of amides is 1. The van der Waals surface area contributed by atoms with E-state index in [1.165, 1.54) is 20.0 Å². The molecule has 9 nitrogen and oxygen atoms in total. The van der Waals surface area contributed by atoms with Gasteiger partial charge in [-0.1, -0.05) is 6.07 Å². The monoisotopic (exact) mass is 520 g/mol. The molecule has 2 heterocycles. The fraction of sp³-hybridized carbons (Fsp3) is 0.483. The number of phenols is 1. The van der Waals surface area contributed by atoms with E-state index in [0.717, 1.165) is 24.2 Å². The molecule has 2 bridgehead atoms. The summed E-state index contributed by atoms with van der Waals surface area (Å²) in [6, 6.07) is 8.34. The van der Waals surface area contributed by atoms with Crippen molar-refractivity contribution in [3.63, 3.8) is 0 Å². The number of aromatic hydroxyl groups is 1. The molecule has 200 valence electrons. The van der Waals surface area contributed by atoms with Gasteiger partial charge in [0.2, 0.25) is 0 Å². The fourth-order valence-corrected chi connectivity index (χ4v) is 7.47. The van der Waals surface area contributed by atoms with Crippen LogP contribution in [-0.2, 0) is 16.6 Å². The number of ether oxygens (including phenoxy) is 3. The lowest BCUT2D eigenvalue weighted by Gasteiger charge is -2.62. The number of carbonyl (C=O) groups excluding carboxylic acids is 1. The lowest BCUT2D eigenvalue weighted by atomic mass is 9.49. The number of piperidine rings is 1. The number of carbonyl (C=O) groups is 1. The van der Waals surface area contributed by atoms with Crippen LogP contribution >= 0.6 is 0 Å². The third kappa shape index (κ3) is 3.03. The van der Waals surface area contributed by atoms with Crippen molar-refractivity contribution in [2.75, 3.05) is 32.6 Å². The molecular weight excluding hydrogens is 488 g/mol. The lowest BCUT2D eigenvalue weighted by Crippen LogP contribution is -2.75. The third-order valence-corrected chi connectivity index (χ3v) is 9.45. The van der Waals surface area contributed by atoms with Crippen LogP contribution in [0.2, 0.25) is 0 Å². The van der Waals surface area contributed by atoms with Crippen molar-refractivity contribution in [3.8, 4) is 23.0 Å². The van der Waals surface area contributed by atoms with Gasteiger partial charge in [-0.2, -0.15) is 0 Å². The van der Waals surface area contributed by atoms with Crippen LogP contribution in [0.4, 0.5) is 5.69 Å². The molecule has 1 saturated heterocycles. The number of likely N-dealkylation sites (tertiary alicyclic amines) is 1. The second-order valence-corrected chi connectivity index (χ2v) is 11.3. The molecule has 1 amide bonds. The number of hydrogen-bond donors (Lipinski definition) is 4. The highest BCUT2D eigenvalue weighted by molar-refractivity contribution is 6.05. The molecular formula is C29H32N2O7. The molecule has 7 rings (SSSR count). The van der Waals surface area contributed by atoms with E-state index >= 15 is 0 Å². The van der Waals surface area contributed by atoms with Crippen molar-refractivity contribution < 1.29 is 34.3 Å². The Morgan fingerprint density at radius 1 is 1.18 bits per heavy atom. The molecule has 3 aliphatic carbocycles. The predicted molar refractivity (Wildman–Crippen MR) is 138 cm³/mol. The van der Waals surface area contributed by atoms with Crippen LogP contribution in [0, 0.1) is 5.92 Å². The first-order valence-corrected chi connectivity index (χ1v) is 13.2. The smallest absolute Gasteiger partial charge is 0.255 e. The van der Waals surface area contributed by atoms with Crippen molar-refractivity contribution in [2.24, 2.45) is 5.92 Å². The Morgan fingerprint density at radius 2 is 2.00 bits per heavy atom. The molecule has 2 fully saturated rings. The van der Waals surface area contributed by atoms with Crippen LogP contribution in [0.5, 0.6) is 23.0 Å². The zero-order valence-corrected chi connectivity index (χ0v) is 21.5. The summed E-state index contributed by atoms with van der Waals surface area (Å²) < 4.78 is 16.9. The number of nitrogens with one attached hydrogen (secondary N) is 1. The van der Waals surface area contributed by atoms with E-state index in [-0.39, 0.29) is 29.5 Å². The van der Waals surface area contributed by atoms with E-state index in [0.29, 0.717) is 41.7 Å². The topological polar surface area (TPSA) is 121 Å². The molecule has 0 unspecified atom stereocenters. The van der Waals surface area contributed by atoms with Crippen molar-refractivity contribution in [1.29, 1.82) is 0 Å². The van der Waals surface area contributed by atoms with Gasteiger partial charge in [0.05, 0.1) is 36.5 Å². The van der Waals surface area contributed by atoms with E-state index in [4.69, 9.17) is 14.2 Å². The van der Waals surface area contributed by atoms with Crippen molar-refractivity contribution in [1.82, 2.24) is 4.90 Å². The Bertz CT molecular complexity index is 1390. The number of methoxy groups -OCH3 is 2. The van der Waals surface area contributed by atoms with Crippen molar-refractivity contribution in [3.05, 3.63) is 52.8 Å². The molecule has 1 spiro atoms. The van der Waals surface area contributed by atoms with Crippen molar-refractivity contribution >= 4 is 11.6 Å². The fourth-order valence-electron chi connectivity index (χ4n) is 7.47. The summed E-state index contributed by atoms with van der Waals surface area (Å²) in [5.74, 6) is 1.19. The van der Waals surface area contributed by atoms with Crippen LogP contribution in [0.1, 0.15) is 36.8 Å². The Kier molecular flexibility index (Phi) is 5.01. The zero-order valence-electron chi connectivity index (χ0n) is 21.5. The van der Waals surface area contributed by atoms with Gasteiger partial charge in [-0.15, -0.1) is 0 Å². The van der Waals surface area contributed by atoms with E-state index in [1.54, 1.807) is 31.4 Å². The molecule has 4 atom stereocenters. The first-order valence-electron chi connectivity index (χ1n) is 13.2. The summed E-state index contributed by atoms with van der Waals surface area (Å²) >= 11 is 0. The van der Waals surface area contributed by atoms with Gasteiger partial charge in [0.25, 0.3) is 5.91 Å². The highest BCUT2D eigenvalue weighted by Gasteiger charge is 2.73. The maximum atomic E-state index is 13.7. The van der Waals surface area contributed by atoms with Gasteiger partial charge in [0.15, 0.2) is 17.6 Å². The number of rotatable bonds is 6. The minimum absolute atomic E-state index is 0.0181. The summed E-state index contributed by atoms with van der Waals surface area (Å²) in [6.45, 7) is 1.67. The van der Waals surface area contributed by atoms with E-state index in [9.17, 15) is 20.1 Å². The molecule has 1 saturated carbocycles. The number of anilines is 1. The highest BCUT2D eigenvalue weighted by Crippen LogP contribution is 2.66. The Morgan fingerprint density at radius 3 is 2.74 bits per heavy atom. The van der Waals surface area contributed by atoms with Crippen LogP contribution < -0.4 is 19.5 Å². The van der Waals surface area contributed by atoms with Gasteiger partial charge in [-0.05, 0) is 61.9 Å². The molecule has 0 radical (unpaired) electrons. The van der Waals surface area contributed by atoms with Gasteiger partial charge < -0.3 is 34.8 Å². The van der Waals surface area contributed by atoms with E-state index in [2.05, 4.69) is 10.2 Å². The molecule has 4 N–H and O–H groups in total. The van der Waals surface area contributed by atoms with Crippen LogP contribution in [0.25, 0.3) is 0 Å². The number of aliphatic hydroxyl groups is 2. The van der Waals surface area contributed by atoms with Crippen molar-refractivity contribution in [2.45, 2.75) is 55.3 Å². The molecule has 9 heteroatoms. The van der Waals surface area contributed by atoms with Gasteiger partial charge in [-0.3, -0.25) is 9.69 Å². The highest BCUT2D eigenvalue weighted by atomic mass is 16.5. The van der Waals surface area contributed by atoms with Gasteiger partial charge in [0.1, 0.15) is 17.3 Å². The van der Waals surface area contributed by atoms with Gasteiger partial charge in [-0.25, -0.2) is 0 Å². The van der Waals surface area contributed by atoms with Crippen LogP contribution in [-0.4, -0.2) is 71.2 Å². The average Bonchev–Trinajstić information content (AvgIpc) is 3.65. The normalized spacial score (nSPS) is 30.9. The average molecular weight is 521 g/mol. The van der Waals surface area contributed by atoms with E-state index in [1.807, 2.05) is 6.07 Å². The minimum atomic E-state index is -1.36. The maximum absolute atomic E-state index is 13.7. The van der Waals surface area contributed by atoms with Gasteiger partial charge in [0, 0.05) is 30.6 Å². The number of aliphatic hydroxyl groups excluding tert-OH is 1. The molecule has 2 aromatic carbocycles. The molecule has 5 aliphatic rings. The zero-order chi connectivity index (χ0) is 26.4. The lowest BCUT2D eigenvalue weighted by molar-refractivity contribution is -0.172. The molecule has 2 aliphatic heterocycles. The third-order valence-electron chi connectivity index (χ3n) is 9.45. The molecule has 2 aromatic rings. The van der Waals surface area contributed by atoms with Crippen LogP contribution in [0.15, 0.2) is 41.7 Å². The summed E-state index contributed by atoms with van der Waals surface area (Å²) in [7, 11) is 3.05. The second-order valence-electron chi connectivity index (χ2n) is 11.3. The summed E-state index contributed by atoms with van der Waals surface area (Å²) in [5, 5.41) is 37.8. The maximum Gasteiger partial charge on any atom is 0.255 e. The number of phenolic OH excluding ortho intramolecular Hbond substituents is 1. The molecule has 38 heavy (non-hydrogen) atoms. The Balaban J connectivity index is 1.32. The second kappa shape index (κ2) is 8.04. The van der Waals surface area contributed by atoms with Gasteiger partial charge >= 0.3 is 0 Å². The SMILES string of the molecule is COc1ccc(NC(=O)C2=C(O)[C@@H]3Oc4c(O)ccc5c4[C@@]34CCN(CC3CC3)[C@H](C5)[C@]4(O)C2)c(OC)c1. The first kappa shape index (κ1) is 23.7. The number of nitrogens with zero attached hydrogens (tertiary/aromatic N) is 1. The quantitative estimate of drug-likeness (QED) is 0.459. The Hall–Kier alpha value is -3.43. The van der Waals surface area contributed by atoms with E-state index < -0.39 is 23.0 Å². The van der Waals surface area contributed by atoms with Crippen LogP contribution in [0.3, 0.4) is 0 Å². The minimum Gasteiger partial charge on any atom is -0.508 e. The molecule has 0 aromatic heterocycles. The number of benzene rings is 2. The summed E-state index contributed by atoms with van der Waals surface area (Å²) in [6.07, 6.45) is 2.56.